The molecular weight excluding hydrogens is 350 g/mol. The van der Waals surface area contributed by atoms with Crippen molar-refractivity contribution < 1.29 is 14.3 Å². The van der Waals surface area contributed by atoms with Crippen LogP contribution in [-0.2, 0) is 20.7 Å². The van der Waals surface area contributed by atoms with Gasteiger partial charge >= 0.3 is 5.97 Å². The number of nitrogens with one attached hydrogen (secondary N) is 1. The maximum absolute atomic E-state index is 12.2. The summed E-state index contributed by atoms with van der Waals surface area (Å²) < 4.78 is 5.28. The predicted molar refractivity (Wildman–Crippen MR) is 111 cm³/mol. The summed E-state index contributed by atoms with van der Waals surface area (Å²) in [7, 11) is 0. The van der Waals surface area contributed by atoms with Crippen molar-refractivity contribution in [2.45, 2.75) is 26.4 Å². The fourth-order valence-electron chi connectivity index (χ4n) is 2.79. The molecule has 0 radical (unpaired) electrons. The molecule has 0 saturated heterocycles. The van der Waals surface area contributed by atoms with Crippen LogP contribution in [0.2, 0.25) is 0 Å². The van der Waals surface area contributed by atoms with Crippen LogP contribution in [-0.4, -0.2) is 18.0 Å². The van der Waals surface area contributed by atoms with Crippen molar-refractivity contribution in [2.75, 3.05) is 5.32 Å². The van der Waals surface area contributed by atoms with Crippen LogP contribution in [0, 0.1) is 6.92 Å². The van der Waals surface area contributed by atoms with Crippen LogP contribution >= 0.6 is 0 Å². The van der Waals surface area contributed by atoms with Gasteiger partial charge < -0.3 is 10.1 Å². The Hall–Kier alpha value is -3.40. The lowest BCUT2D eigenvalue weighted by Gasteiger charge is -2.14. The first-order chi connectivity index (χ1) is 13.5. The Balaban J connectivity index is 1.53. The van der Waals surface area contributed by atoms with E-state index in [9.17, 15) is 9.59 Å². The van der Waals surface area contributed by atoms with Crippen LogP contribution in [0.5, 0.6) is 0 Å². The van der Waals surface area contributed by atoms with Gasteiger partial charge in [-0.1, -0.05) is 72.3 Å². The van der Waals surface area contributed by atoms with Gasteiger partial charge in [0.2, 0.25) is 0 Å². The minimum Gasteiger partial charge on any atom is -0.452 e. The summed E-state index contributed by atoms with van der Waals surface area (Å²) in [5, 5.41) is 2.75. The highest BCUT2D eigenvalue weighted by Crippen LogP contribution is 2.19. The first kappa shape index (κ1) is 19.4. The maximum atomic E-state index is 12.2. The second-order valence-electron chi connectivity index (χ2n) is 6.73. The Kier molecular flexibility index (Phi) is 6.22. The van der Waals surface area contributed by atoms with E-state index in [1.54, 1.807) is 6.92 Å². The zero-order valence-corrected chi connectivity index (χ0v) is 16.0. The molecule has 3 rings (SSSR count). The Bertz CT molecular complexity index is 932. The number of aryl methyl sites for hydroxylation is 1. The average molecular weight is 373 g/mol. The maximum Gasteiger partial charge on any atom is 0.311 e. The molecule has 0 aliphatic carbocycles. The van der Waals surface area contributed by atoms with Crippen molar-refractivity contribution >= 4 is 17.6 Å². The molecule has 3 aromatic carbocycles. The Morgan fingerprint density at radius 3 is 2.11 bits per heavy atom. The number of amides is 1. The van der Waals surface area contributed by atoms with Gasteiger partial charge in [0.05, 0.1) is 6.42 Å². The quantitative estimate of drug-likeness (QED) is 0.633. The number of carbonyl (C=O) groups excluding carboxylic acids is 2. The zero-order valence-electron chi connectivity index (χ0n) is 16.0. The van der Waals surface area contributed by atoms with Crippen LogP contribution in [0.1, 0.15) is 18.1 Å². The third-order valence-corrected chi connectivity index (χ3v) is 4.41. The van der Waals surface area contributed by atoms with Gasteiger partial charge in [0, 0.05) is 5.69 Å². The molecule has 1 N–H and O–H groups in total. The fraction of sp³-hybridized carbons (Fsp3) is 0.167. The zero-order chi connectivity index (χ0) is 19.9. The SMILES string of the molecule is Cc1ccc(NC(=O)[C@@H](C)OC(=O)Cc2ccc(-c3ccccc3)cc2)cc1. The van der Waals surface area contributed by atoms with Crippen LogP contribution in [0.25, 0.3) is 11.1 Å². The van der Waals surface area contributed by atoms with Gasteiger partial charge in [-0.3, -0.25) is 9.59 Å². The van der Waals surface area contributed by atoms with Crippen molar-refractivity contribution in [3.05, 3.63) is 90.0 Å². The fourth-order valence-corrected chi connectivity index (χ4v) is 2.79. The number of hydrogen-bond acceptors (Lipinski definition) is 3. The highest BCUT2D eigenvalue weighted by atomic mass is 16.5. The van der Waals surface area contributed by atoms with Gasteiger partial charge in [0.1, 0.15) is 0 Å². The summed E-state index contributed by atoms with van der Waals surface area (Å²) in [5.74, 6) is -0.782. The van der Waals surface area contributed by atoms with E-state index in [0.29, 0.717) is 5.69 Å². The number of esters is 1. The predicted octanol–water partition coefficient (Wildman–Crippen LogP) is 4.77. The van der Waals surface area contributed by atoms with E-state index in [4.69, 9.17) is 4.74 Å². The minimum absolute atomic E-state index is 0.122. The largest absolute Gasteiger partial charge is 0.452 e. The molecule has 4 nitrogen and oxygen atoms in total. The molecule has 1 atom stereocenters. The molecule has 0 aromatic heterocycles. The van der Waals surface area contributed by atoms with E-state index in [1.165, 1.54) is 0 Å². The van der Waals surface area contributed by atoms with Crippen molar-refractivity contribution in [2.24, 2.45) is 0 Å². The monoisotopic (exact) mass is 373 g/mol. The summed E-state index contributed by atoms with van der Waals surface area (Å²) in [6.07, 6.45) is -0.741. The van der Waals surface area contributed by atoms with Crippen LogP contribution in [0.4, 0.5) is 5.69 Å². The molecule has 0 saturated carbocycles. The minimum atomic E-state index is -0.864. The molecule has 4 heteroatoms. The standard InChI is InChI=1S/C24H23NO3/c1-17-8-14-22(15-9-17)25-24(27)18(2)28-23(26)16-19-10-12-21(13-11-19)20-6-4-3-5-7-20/h3-15,18H,16H2,1-2H3,(H,25,27)/t18-/m1/s1. The average Bonchev–Trinajstić information content (AvgIpc) is 2.71. The van der Waals surface area contributed by atoms with Crippen molar-refractivity contribution in [3.8, 4) is 11.1 Å². The molecule has 0 aliphatic heterocycles. The van der Waals surface area contributed by atoms with E-state index in [1.807, 2.05) is 85.8 Å². The van der Waals surface area contributed by atoms with E-state index in [2.05, 4.69) is 5.32 Å². The van der Waals surface area contributed by atoms with Gasteiger partial charge in [0.15, 0.2) is 6.10 Å². The number of hydrogen-bond donors (Lipinski definition) is 1. The smallest absolute Gasteiger partial charge is 0.311 e. The molecule has 1 amide bonds. The highest BCUT2D eigenvalue weighted by Gasteiger charge is 2.18. The third kappa shape index (κ3) is 5.30. The third-order valence-electron chi connectivity index (χ3n) is 4.41. The van der Waals surface area contributed by atoms with Crippen LogP contribution in [0.3, 0.4) is 0 Å². The van der Waals surface area contributed by atoms with Gasteiger partial charge in [-0.15, -0.1) is 0 Å². The lowest BCUT2D eigenvalue weighted by Crippen LogP contribution is -2.30. The number of ether oxygens (including phenoxy) is 1. The van der Waals surface area contributed by atoms with Gasteiger partial charge in [-0.2, -0.15) is 0 Å². The van der Waals surface area contributed by atoms with Gasteiger partial charge in [-0.25, -0.2) is 0 Å². The molecule has 0 fully saturated rings. The molecule has 0 unspecified atom stereocenters. The molecule has 142 valence electrons. The molecule has 0 spiro atoms. The second-order valence-corrected chi connectivity index (χ2v) is 6.73. The molecule has 28 heavy (non-hydrogen) atoms. The summed E-state index contributed by atoms with van der Waals surface area (Å²) in [6.45, 7) is 3.54. The summed E-state index contributed by atoms with van der Waals surface area (Å²) >= 11 is 0. The first-order valence-corrected chi connectivity index (χ1v) is 9.22. The molecule has 3 aromatic rings. The van der Waals surface area contributed by atoms with Crippen molar-refractivity contribution in [3.63, 3.8) is 0 Å². The normalized spacial score (nSPS) is 11.5. The number of benzene rings is 3. The molecule has 0 aliphatic rings. The Morgan fingerprint density at radius 1 is 0.857 bits per heavy atom. The molecular formula is C24H23NO3. The second kappa shape index (κ2) is 9.00. The Labute approximate surface area is 165 Å². The van der Waals surface area contributed by atoms with E-state index >= 15 is 0 Å². The number of anilines is 1. The molecule has 0 heterocycles. The van der Waals surface area contributed by atoms with Gasteiger partial charge in [0.25, 0.3) is 5.91 Å². The summed E-state index contributed by atoms with van der Waals surface area (Å²) in [5.41, 5.74) is 4.84. The number of carbonyl (C=O) groups is 2. The molecule has 0 bridgehead atoms. The van der Waals surface area contributed by atoms with E-state index < -0.39 is 12.1 Å². The number of rotatable bonds is 6. The van der Waals surface area contributed by atoms with Gasteiger partial charge in [-0.05, 0) is 42.7 Å². The lowest BCUT2D eigenvalue weighted by atomic mass is 10.0. The van der Waals surface area contributed by atoms with Crippen molar-refractivity contribution in [1.82, 2.24) is 0 Å². The van der Waals surface area contributed by atoms with E-state index in [-0.39, 0.29) is 12.3 Å². The Morgan fingerprint density at radius 2 is 1.46 bits per heavy atom. The topological polar surface area (TPSA) is 55.4 Å². The first-order valence-electron chi connectivity index (χ1n) is 9.22. The summed E-state index contributed by atoms with van der Waals surface area (Å²) in [4.78, 5) is 24.4. The summed E-state index contributed by atoms with van der Waals surface area (Å²) in [6, 6.07) is 25.2. The van der Waals surface area contributed by atoms with Crippen LogP contribution in [0.15, 0.2) is 78.9 Å². The highest BCUT2D eigenvalue weighted by molar-refractivity contribution is 5.95. The van der Waals surface area contributed by atoms with Crippen LogP contribution < -0.4 is 5.32 Å². The van der Waals surface area contributed by atoms with E-state index in [0.717, 1.165) is 22.3 Å². The van der Waals surface area contributed by atoms with Crippen molar-refractivity contribution in [1.29, 1.82) is 0 Å². The lowest BCUT2D eigenvalue weighted by molar-refractivity contribution is -0.152.